The number of pyridine rings is 2. The maximum Gasteiger partial charge on any atom is 0.276 e. The largest absolute Gasteiger partial charge is 0.503 e. The van der Waals surface area contributed by atoms with Crippen molar-refractivity contribution in [3.63, 3.8) is 0 Å². The lowest BCUT2D eigenvalue weighted by molar-refractivity contribution is -0.112. The molecule has 2 atom stereocenters. The molecule has 0 saturated carbocycles. The highest BCUT2D eigenvalue weighted by molar-refractivity contribution is 6.07. The van der Waals surface area contributed by atoms with Crippen LogP contribution in [0.2, 0.25) is 0 Å². The van der Waals surface area contributed by atoms with Gasteiger partial charge in [-0.3, -0.25) is 19.3 Å². The average Bonchev–Trinajstić information content (AvgIpc) is 2.75. The minimum absolute atomic E-state index is 0.0725. The molecule has 2 aromatic rings. The van der Waals surface area contributed by atoms with Gasteiger partial charge in [-0.05, 0) is 25.5 Å². The SMILES string of the molecule is C[C@@H]1CCO[C@H]2Cn3cc(C(=O)N4CCOc5cccnc54)c(=O)c(O)c3C(=O)N12. The van der Waals surface area contributed by atoms with Gasteiger partial charge in [-0.25, -0.2) is 4.98 Å². The van der Waals surface area contributed by atoms with Crippen molar-refractivity contribution in [3.05, 3.63) is 46.0 Å². The topological polar surface area (TPSA) is 114 Å². The zero-order valence-electron chi connectivity index (χ0n) is 16.3. The third-order valence-electron chi connectivity index (χ3n) is 5.73. The van der Waals surface area contributed by atoms with Crippen molar-refractivity contribution in [1.29, 1.82) is 0 Å². The number of ether oxygens (including phenoxy) is 2. The molecule has 0 spiro atoms. The second-order valence-electron chi connectivity index (χ2n) is 7.53. The van der Waals surface area contributed by atoms with Gasteiger partial charge in [-0.1, -0.05) is 0 Å². The summed E-state index contributed by atoms with van der Waals surface area (Å²) in [5.74, 6) is -1.07. The van der Waals surface area contributed by atoms with Crippen molar-refractivity contribution in [1.82, 2.24) is 14.5 Å². The predicted molar refractivity (Wildman–Crippen MR) is 104 cm³/mol. The number of carbonyl (C=O) groups is 2. The van der Waals surface area contributed by atoms with Crippen LogP contribution in [0.3, 0.4) is 0 Å². The first kappa shape index (κ1) is 18.6. The molecule has 2 amide bonds. The molecule has 2 aromatic heterocycles. The van der Waals surface area contributed by atoms with E-state index >= 15 is 0 Å². The minimum atomic E-state index is -0.882. The molecule has 0 radical (unpaired) electrons. The van der Waals surface area contributed by atoms with Crippen LogP contribution in [0.15, 0.2) is 29.3 Å². The average molecular weight is 412 g/mol. The summed E-state index contributed by atoms with van der Waals surface area (Å²) >= 11 is 0. The fourth-order valence-corrected chi connectivity index (χ4v) is 4.20. The van der Waals surface area contributed by atoms with Crippen molar-refractivity contribution in [2.75, 3.05) is 24.7 Å². The van der Waals surface area contributed by atoms with E-state index < -0.39 is 29.2 Å². The van der Waals surface area contributed by atoms with E-state index in [0.717, 1.165) is 0 Å². The molecule has 0 aromatic carbocycles. The number of hydrogen-bond donors (Lipinski definition) is 1. The molecule has 5 heterocycles. The van der Waals surface area contributed by atoms with Crippen LogP contribution in [0.25, 0.3) is 0 Å². The van der Waals surface area contributed by atoms with Gasteiger partial charge in [0.1, 0.15) is 12.2 Å². The molecular weight excluding hydrogens is 392 g/mol. The van der Waals surface area contributed by atoms with Crippen molar-refractivity contribution in [2.45, 2.75) is 32.2 Å². The normalized spacial score (nSPS) is 22.6. The van der Waals surface area contributed by atoms with Crippen LogP contribution in [0, 0.1) is 0 Å². The van der Waals surface area contributed by atoms with Crippen molar-refractivity contribution >= 4 is 17.6 Å². The summed E-state index contributed by atoms with van der Waals surface area (Å²) in [4.78, 5) is 46.1. The van der Waals surface area contributed by atoms with Crippen LogP contribution >= 0.6 is 0 Å². The van der Waals surface area contributed by atoms with E-state index in [-0.39, 0.29) is 37.0 Å². The van der Waals surface area contributed by atoms with E-state index in [4.69, 9.17) is 9.47 Å². The number of amides is 2. The van der Waals surface area contributed by atoms with Gasteiger partial charge in [0.25, 0.3) is 11.8 Å². The first-order chi connectivity index (χ1) is 14.5. The Labute approximate surface area is 171 Å². The Morgan fingerprint density at radius 1 is 1.30 bits per heavy atom. The van der Waals surface area contributed by atoms with Gasteiger partial charge in [0.05, 0.1) is 19.7 Å². The highest BCUT2D eigenvalue weighted by atomic mass is 16.5. The molecule has 156 valence electrons. The van der Waals surface area contributed by atoms with Crippen molar-refractivity contribution in [3.8, 4) is 11.5 Å². The van der Waals surface area contributed by atoms with E-state index in [1.165, 1.54) is 21.9 Å². The Morgan fingerprint density at radius 3 is 2.97 bits per heavy atom. The first-order valence-electron chi connectivity index (χ1n) is 9.77. The molecule has 1 saturated heterocycles. The van der Waals surface area contributed by atoms with E-state index in [2.05, 4.69) is 4.98 Å². The maximum atomic E-state index is 13.2. The number of hydrogen-bond acceptors (Lipinski definition) is 7. The summed E-state index contributed by atoms with van der Waals surface area (Å²) in [6.45, 7) is 3.10. The number of aromatic hydroxyl groups is 1. The van der Waals surface area contributed by atoms with Gasteiger partial charge >= 0.3 is 0 Å². The lowest BCUT2D eigenvalue weighted by atomic mass is 10.1. The van der Waals surface area contributed by atoms with Gasteiger partial charge < -0.3 is 24.0 Å². The van der Waals surface area contributed by atoms with E-state index in [1.54, 1.807) is 17.0 Å². The highest BCUT2D eigenvalue weighted by Gasteiger charge is 2.41. The molecule has 0 bridgehead atoms. The van der Waals surface area contributed by atoms with Crippen LogP contribution in [0.4, 0.5) is 5.82 Å². The lowest BCUT2D eigenvalue weighted by Crippen LogP contribution is -2.57. The summed E-state index contributed by atoms with van der Waals surface area (Å²) in [6, 6.07) is 3.31. The molecule has 10 nitrogen and oxygen atoms in total. The number of rotatable bonds is 1. The summed E-state index contributed by atoms with van der Waals surface area (Å²) in [6.07, 6.45) is 3.02. The Kier molecular flexibility index (Phi) is 4.24. The molecule has 10 heteroatoms. The smallest absolute Gasteiger partial charge is 0.276 e. The fraction of sp³-hybridized carbons (Fsp3) is 0.400. The van der Waals surface area contributed by atoms with Gasteiger partial charge in [0, 0.05) is 18.4 Å². The van der Waals surface area contributed by atoms with Crippen LogP contribution in [0.1, 0.15) is 34.2 Å². The number of fused-ring (bicyclic) bond motifs is 3. The summed E-state index contributed by atoms with van der Waals surface area (Å²) in [7, 11) is 0. The lowest BCUT2D eigenvalue weighted by Gasteiger charge is -2.44. The molecule has 3 aliphatic heterocycles. The van der Waals surface area contributed by atoms with E-state index in [0.29, 0.717) is 24.6 Å². The Hall–Kier alpha value is -3.40. The van der Waals surface area contributed by atoms with Gasteiger partial charge in [-0.15, -0.1) is 0 Å². The molecular formula is C20H20N4O6. The number of nitrogens with zero attached hydrogens (tertiary/aromatic N) is 4. The fourth-order valence-electron chi connectivity index (χ4n) is 4.20. The molecule has 0 unspecified atom stereocenters. The zero-order valence-corrected chi connectivity index (χ0v) is 16.3. The maximum absolute atomic E-state index is 13.2. The molecule has 5 rings (SSSR count). The van der Waals surface area contributed by atoms with Gasteiger partial charge in [0.15, 0.2) is 29.2 Å². The summed E-state index contributed by atoms with van der Waals surface area (Å²) < 4.78 is 12.7. The van der Waals surface area contributed by atoms with Crippen LogP contribution in [-0.4, -0.2) is 63.4 Å². The minimum Gasteiger partial charge on any atom is -0.503 e. The second-order valence-corrected chi connectivity index (χ2v) is 7.53. The van der Waals surface area contributed by atoms with E-state index in [1.807, 2.05) is 6.92 Å². The summed E-state index contributed by atoms with van der Waals surface area (Å²) in [5, 5.41) is 10.6. The third-order valence-corrected chi connectivity index (χ3v) is 5.73. The summed E-state index contributed by atoms with van der Waals surface area (Å²) in [5.41, 5.74) is -1.24. The number of anilines is 1. The molecule has 1 N–H and O–H groups in total. The van der Waals surface area contributed by atoms with E-state index in [9.17, 15) is 19.5 Å². The van der Waals surface area contributed by atoms with Crippen LogP contribution < -0.4 is 15.1 Å². The van der Waals surface area contributed by atoms with Crippen molar-refractivity contribution < 1.29 is 24.2 Å². The Bertz CT molecular complexity index is 1110. The quantitative estimate of drug-likeness (QED) is 0.729. The molecule has 1 fully saturated rings. The first-order valence-corrected chi connectivity index (χ1v) is 9.77. The highest BCUT2D eigenvalue weighted by Crippen LogP contribution is 2.31. The van der Waals surface area contributed by atoms with Crippen molar-refractivity contribution in [2.24, 2.45) is 0 Å². The number of carbonyl (C=O) groups excluding carboxylic acids is 2. The monoisotopic (exact) mass is 412 g/mol. The standard InChI is InChI=1S/C20H20N4O6/c1-11-4-7-30-14-10-22-9-12(16(25)17(26)15(22)20(28)24(11)14)19(27)23-6-8-29-13-3-2-5-21-18(13)23/h2-3,5,9,11,14,26H,4,6-8,10H2,1H3/t11-,14+/m1/s1. The molecule has 0 aliphatic carbocycles. The predicted octanol–water partition coefficient (Wildman–Crippen LogP) is 0.579. The Balaban J connectivity index is 1.58. The zero-order chi connectivity index (χ0) is 21.0. The molecule has 30 heavy (non-hydrogen) atoms. The number of aromatic nitrogens is 2. The Morgan fingerprint density at radius 2 is 2.13 bits per heavy atom. The van der Waals surface area contributed by atoms with Gasteiger partial charge in [0.2, 0.25) is 5.43 Å². The van der Waals surface area contributed by atoms with Gasteiger partial charge in [-0.2, -0.15) is 0 Å². The van der Waals surface area contributed by atoms with Crippen LogP contribution in [0.5, 0.6) is 11.5 Å². The van der Waals surface area contributed by atoms with Crippen LogP contribution in [-0.2, 0) is 11.3 Å². The second kappa shape index (κ2) is 6.84. The molecule has 3 aliphatic rings. The third kappa shape index (κ3) is 2.67.